The second-order valence-corrected chi connectivity index (χ2v) is 5.82. The number of aromatic nitrogens is 2. The zero-order chi connectivity index (χ0) is 13.8. The van der Waals surface area contributed by atoms with Crippen molar-refractivity contribution in [1.82, 2.24) is 9.97 Å². The number of hydrogen-bond donors (Lipinski definition) is 1. The van der Waals surface area contributed by atoms with Crippen LogP contribution in [0.2, 0.25) is 0 Å². The van der Waals surface area contributed by atoms with E-state index in [0.29, 0.717) is 17.9 Å². The van der Waals surface area contributed by atoms with Gasteiger partial charge in [0.15, 0.2) is 0 Å². The van der Waals surface area contributed by atoms with E-state index in [1.165, 1.54) is 25.7 Å². The molecule has 1 N–H and O–H groups in total. The van der Waals surface area contributed by atoms with Gasteiger partial charge in [0, 0.05) is 17.8 Å². The summed E-state index contributed by atoms with van der Waals surface area (Å²) < 4.78 is 5.65. The summed E-state index contributed by atoms with van der Waals surface area (Å²) in [5.74, 6) is 2.09. The second kappa shape index (κ2) is 6.22. The molecule has 1 unspecified atom stereocenters. The summed E-state index contributed by atoms with van der Waals surface area (Å²) in [4.78, 5) is 8.89. The molecule has 4 nitrogen and oxygen atoms in total. The van der Waals surface area contributed by atoms with Crippen LogP contribution in [0.4, 0.5) is 5.95 Å². The molecule has 1 aliphatic carbocycles. The largest absolute Gasteiger partial charge is 0.475 e. The third kappa shape index (κ3) is 4.08. The molecule has 1 aliphatic rings. The van der Waals surface area contributed by atoms with Crippen LogP contribution in [0.15, 0.2) is 6.07 Å². The lowest BCUT2D eigenvalue weighted by Gasteiger charge is -2.21. The molecular weight excluding hydrogens is 238 g/mol. The molecular formula is C15H25N3O. The van der Waals surface area contributed by atoms with Crippen molar-refractivity contribution in [1.29, 1.82) is 0 Å². The van der Waals surface area contributed by atoms with Crippen LogP contribution in [-0.4, -0.2) is 22.1 Å². The highest BCUT2D eigenvalue weighted by Crippen LogP contribution is 2.29. The van der Waals surface area contributed by atoms with Gasteiger partial charge < -0.3 is 10.1 Å². The molecule has 1 fully saturated rings. The average Bonchev–Trinajstić information content (AvgIpc) is 2.79. The fourth-order valence-corrected chi connectivity index (χ4v) is 2.68. The molecule has 1 saturated carbocycles. The molecule has 0 bridgehead atoms. The molecule has 0 aliphatic heterocycles. The molecule has 2 rings (SSSR count). The van der Waals surface area contributed by atoms with Crippen molar-refractivity contribution in [2.45, 2.75) is 65.5 Å². The Labute approximate surface area is 116 Å². The molecule has 1 atom stereocenters. The SMILES string of the molecule is Cc1cc(OC(C)C)nc(NC(C)C2CCCC2)n1. The van der Waals surface area contributed by atoms with Gasteiger partial charge in [0.05, 0.1) is 6.10 Å². The predicted molar refractivity (Wildman–Crippen MR) is 77.6 cm³/mol. The Hall–Kier alpha value is -1.32. The van der Waals surface area contributed by atoms with Crippen LogP contribution in [0.3, 0.4) is 0 Å². The highest BCUT2D eigenvalue weighted by molar-refractivity contribution is 5.31. The maximum absolute atomic E-state index is 5.65. The normalized spacial score (nSPS) is 17.7. The van der Waals surface area contributed by atoms with Gasteiger partial charge in [0.2, 0.25) is 11.8 Å². The Morgan fingerprint density at radius 2 is 1.89 bits per heavy atom. The molecule has 19 heavy (non-hydrogen) atoms. The van der Waals surface area contributed by atoms with E-state index in [1.54, 1.807) is 0 Å². The van der Waals surface area contributed by atoms with Gasteiger partial charge in [0.1, 0.15) is 0 Å². The molecule has 1 aromatic rings. The molecule has 4 heteroatoms. The van der Waals surface area contributed by atoms with E-state index in [9.17, 15) is 0 Å². The summed E-state index contributed by atoms with van der Waals surface area (Å²) >= 11 is 0. The molecule has 0 aromatic carbocycles. The minimum absolute atomic E-state index is 0.134. The Kier molecular flexibility index (Phi) is 4.61. The van der Waals surface area contributed by atoms with Crippen LogP contribution in [0.1, 0.15) is 52.1 Å². The van der Waals surface area contributed by atoms with Gasteiger partial charge in [-0.2, -0.15) is 4.98 Å². The van der Waals surface area contributed by atoms with E-state index < -0.39 is 0 Å². The summed E-state index contributed by atoms with van der Waals surface area (Å²) in [6.45, 7) is 8.21. The molecule has 0 amide bonds. The molecule has 0 spiro atoms. The van der Waals surface area contributed by atoms with Gasteiger partial charge in [-0.3, -0.25) is 0 Å². The average molecular weight is 263 g/mol. The van der Waals surface area contributed by atoms with E-state index in [4.69, 9.17) is 4.74 Å². The van der Waals surface area contributed by atoms with Crippen molar-refractivity contribution < 1.29 is 4.74 Å². The zero-order valence-corrected chi connectivity index (χ0v) is 12.4. The van der Waals surface area contributed by atoms with E-state index in [2.05, 4.69) is 22.2 Å². The Balaban J connectivity index is 2.04. The minimum atomic E-state index is 0.134. The lowest BCUT2D eigenvalue weighted by Crippen LogP contribution is -2.25. The van der Waals surface area contributed by atoms with Gasteiger partial charge in [-0.15, -0.1) is 0 Å². The number of nitrogens with one attached hydrogen (secondary N) is 1. The molecule has 106 valence electrons. The number of ether oxygens (including phenoxy) is 1. The van der Waals surface area contributed by atoms with E-state index >= 15 is 0 Å². The van der Waals surface area contributed by atoms with Crippen molar-refractivity contribution in [3.63, 3.8) is 0 Å². The third-order valence-corrected chi connectivity index (χ3v) is 3.65. The van der Waals surface area contributed by atoms with Crippen LogP contribution in [0, 0.1) is 12.8 Å². The van der Waals surface area contributed by atoms with Crippen LogP contribution in [0.5, 0.6) is 5.88 Å². The van der Waals surface area contributed by atoms with E-state index in [-0.39, 0.29) is 6.10 Å². The summed E-state index contributed by atoms with van der Waals surface area (Å²) in [5, 5.41) is 3.44. The summed E-state index contributed by atoms with van der Waals surface area (Å²) in [6, 6.07) is 2.31. The van der Waals surface area contributed by atoms with Crippen molar-refractivity contribution in [3.8, 4) is 5.88 Å². The van der Waals surface area contributed by atoms with Crippen molar-refractivity contribution in [2.75, 3.05) is 5.32 Å². The fourth-order valence-electron chi connectivity index (χ4n) is 2.68. The van der Waals surface area contributed by atoms with Gasteiger partial charge in [-0.25, -0.2) is 4.98 Å². The number of hydrogen-bond acceptors (Lipinski definition) is 4. The Bertz CT molecular complexity index is 414. The summed E-state index contributed by atoms with van der Waals surface area (Å²) in [7, 11) is 0. The number of anilines is 1. The standard InChI is InChI=1S/C15H25N3O/c1-10(2)19-14-9-11(3)16-15(18-14)17-12(4)13-7-5-6-8-13/h9-10,12-13H,5-8H2,1-4H3,(H,16,17,18). The lowest BCUT2D eigenvalue weighted by molar-refractivity contribution is 0.232. The second-order valence-electron chi connectivity index (χ2n) is 5.82. The Morgan fingerprint density at radius 3 is 2.53 bits per heavy atom. The van der Waals surface area contributed by atoms with Gasteiger partial charge in [0.25, 0.3) is 0 Å². The molecule has 0 saturated heterocycles. The topological polar surface area (TPSA) is 47.0 Å². The first-order chi connectivity index (χ1) is 9.04. The van der Waals surface area contributed by atoms with Crippen molar-refractivity contribution in [3.05, 3.63) is 11.8 Å². The van der Waals surface area contributed by atoms with Crippen LogP contribution < -0.4 is 10.1 Å². The highest BCUT2D eigenvalue weighted by Gasteiger charge is 2.22. The van der Waals surface area contributed by atoms with Crippen molar-refractivity contribution in [2.24, 2.45) is 5.92 Å². The maximum Gasteiger partial charge on any atom is 0.226 e. The van der Waals surface area contributed by atoms with Gasteiger partial charge in [-0.1, -0.05) is 12.8 Å². The molecule has 0 radical (unpaired) electrons. The van der Waals surface area contributed by atoms with Crippen molar-refractivity contribution >= 4 is 5.95 Å². The number of rotatable bonds is 5. The minimum Gasteiger partial charge on any atom is -0.475 e. The highest BCUT2D eigenvalue weighted by atomic mass is 16.5. The van der Waals surface area contributed by atoms with Gasteiger partial charge >= 0.3 is 0 Å². The summed E-state index contributed by atoms with van der Waals surface area (Å²) in [5.41, 5.74) is 0.937. The van der Waals surface area contributed by atoms with E-state index in [0.717, 1.165) is 11.6 Å². The zero-order valence-electron chi connectivity index (χ0n) is 12.4. The van der Waals surface area contributed by atoms with E-state index in [1.807, 2.05) is 26.8 Å². The van der Waals surface area contributed by atoms with Crippen LogP contribution >= 0.6 is 0 Å². The van der Waals surface area contributed by atoms with Crippen LogP contribution in [-0.2, 0) is 0 Å². The first-order valence-electron chi connectivity index (χ1n) is 7.33. The smallest absolute Gasteiger partial charge is 0.226 e. The number of nitrogens with zero attached hydrogens (tertiary/aromatic N) is 2. The molecule has 1 heterocycles. The first kappa shape index (κ1) is 14.1. The maximum atomic E-state index is 5.65. The fraction of sp³-hybridized carbons (Fsp3) is 0.733. The number of aryl methyl sites for hydroxylation is 1. The third-order valence-electron chi connectivity index (χ3n) is 3.65. The lowest BCUT2D eigenvalue weighted by atomic mass is 10.0. The summed E-state index contributed by atoms with van der Waals surface area (Å²) in [6.07, 6.45) is 5.47. The monoisotopic (exact) mass is 263 g/mol. The predicted octanol–water partition coefficient (Wildman–Crippen LogP) is 3.56. The quantitative estimate of drug-likeness (QED) is 0.882. The first-order valence-corrected chi connectivity index (χ1v) is 7.33. The van der Waals surface area contributed by atoms with Crippen LogP contribution in [0.25, 0.3) is 0 Å². The van der Waals surface area contributed by atoms with Gasteiger partial charge in [-0.05, 0) is 46.5 Å². The molecule has 1 aromatic heterocycles. The Morgan fingerprint density at radius 1 is 1.21 bits per heavy atom.